The number of hydrogen-bond acceptors (Lipinski definition) is 2. The summed E-state index contributed by atoms with van der Waals surface area (Å²) in [7, 11) is 1.76. The van der Waals surface area contributed by atoms with E-state index < -0.39 is 0 Å². The van der Waals surface area contributed by atoms with Gasteiger partial charge in [-0.3, -0.25) is 14.1 Å². The van der Waals surface area contributed by atoms with E-state index in [1.165, 1.54) is 5.39 Å². The van der Waals surface area contributed by atoms with E-state index in [1.54, 1.807) is 7.05 Å². The van der Waals surface area contributed by atoms with Gasteiger partial charge in [0.2, 0.25) is 5.96 Å². The van der Waals surface area contributed by atoms with E-state index >= 15 is 0 Å². The van der Waals surface area contributed by atoms with E-state index in [0.717, 1.165) is 60.9 Å². The highest BCUT2D eigenvalue weighted by atomic mass is 15.2. The number of hydrogen-bond donors (Lipinski definition) is 0. The molecule has 6 heteroatoms. The number of para-hydroxylation sites is 2. The Hall–Kier alpha value is -6.14. The van der Waals surface area contributed by atoms with Crippen LogP contribution in [0.3, 0.4) is 0 Å². The second-order valence-electron chi connectivity index (χ2n) is 10.8. The van der Waals surface area contributed by atoms with E-state index in [4.69, 9.17) is 9.98 Å². The predicted octanol–water partition coefficient (Wildman–Crippen LogP) is 8.93. The number of pyridine rings is 1. The molecule has 214 valence electrons. The number of benzene rings is 5. The van der Waals surface area contributed by atoms with Crippen LogP contribution < -0.4 is 0 Å². The van der Waals surface area contributed by atoms with Crippen LogP contribution in [0.15, 0.2) is 155 Å². The summed E-state index contributed by atoms with van der Waals surface area (Å²) in [5.41, 5.74) is 7.06. The molecule has 0 spiro atoms. The Bertz CT molecular complexity index is 2450. The van der Waals surface area contributed by atoms with Crippen molar-refractivity contribution in [3.8, 4) is 17.1 Å². The van der Waals surface area contributed by atoms with Crippen molar-refractivity contribution in [1.82, 2.24) is 14.1 Å². The molecule has 0 aliphatic heterocycles. The van der Waals surface area contributed by atoms with Crippen LogP contribution in [0.25, 0.3) is 60.7 Å². The normalized spacial score (nSPS) is 12.5. The molecule has 8 rings (SSSR count). The van der Waals surface area contributed by atoms with Crippen molar-refractivity contribution in [2.24, 2.45) is 15.0 Å². The van der Waals surface area contributed by atoms with Crippen molar-refractivity contribution in [2.75, 3.05) is 7.05 Å². The quantitative estimate of drug-likeness (QED) is 0.152. The molecule has 6 nitrogen and oxygen atoms in total. The number of amidine groups is 1. The molecule has 8 aromatic rings. The average Bonchev–Trinajstić information content (AvgIpc) is 3.63. The Balaban J connectivity index is 1.47. The predicted molar refractivity (Wildman–Crippen MR) is 188 cm³/mol. The van der Waals surface area contributed by atoms with Crippen LogP contribution in [0.4, 0.5) is 0 Å². The maximum absolute atomic E-state index is 5.21. The summed E-state index contributed by atoms with van der Waals surface area (Å²) in [5, 5.41) is 4.54. The van der Waals surface area contributed by atoms with Gasteiger partial charge in [-0.25, -0.2) is 9.98 Å². The van der Waals surface area contributed by atoms with Gasteiger partial charge in [0.15, 0.2) is 5.84 Å². The van der Waals surface area contributed by atoms with Gasteiger partial charge in [-0.05, 0) is 37.0 Å². The van der Waals surface area contributed by atoms with Gasteiger partial charge in [-0.1, -0.05) is 109 Å². The van der Waals surface area contributed by atoms with Crippen molar-refractivity contribution in [3.63, 3.8) is 0 Å². The lowest BCUT2D eigenvalue weighted by Gasteiger charge is -2.11. The molecule has 3 aromatic heterocycles. The summed E-state index contributed by atoms with van der Waals surface area (Å²) in [4.78, 5) is 19.1. The summed E-state index contributed by atoms with van der Waals surface area (Å²) in [5.74, 6) is 1.90. The summed E-state index contributed by atoms with van der Waals surface area (Å²) in [6.45, 7) is 3.81. The number of fused-ring (bicyclic) bond motifs is 7. The molecule has 3 heterocycles. The molecule has 0 unspecified atom stereocenters. The van der Waals surface area contributed by atoms with E-state index in [9.17, 15) is 0 Å². The van der Waals surface area contributed by atoms with E-state index in [0.29, 0.717) is 11.8 Å². The smallest absolute Gasteiger partial charge is 0.231 e. The highest BCUT2D eigenvalue weighted by molar-refractivity contribution is 6.28. The minimum Gasteiger partial charge on any atom is -0.293 e. The fourth-order valence-electron chi connectivity index (χ4n) is 6.35. The molecule has 0 aliphatic rings. The zero-order valence-electron chi connectivity index (χ0n) is 24.7. The van der Waals surface area contributed by atoms with Crippen molar-refractivity contribution in [3.05, 3.63) is 145 Å². The zero-order valence-corrected chi connectivity index (χ0v) is 24.7. The van der Waals surface area contributed by atoms with Gasteiger partial charge in [-0.15, -0.1) is 0 Å². The van der Waals surface area contributed by atoms with Crippen LogP contribution in [0.1, 0.15) is 5.56 Å². The molecule has 0 N–H and O–H groups in total. The second-order valence-corrected chi connectivity index (χ2v) is 10.8. The lowest BCUT2D eigenvalue weighted by molar-refractivity contribution is 1.09. The van der Waals surface area contributed by atoms with Crippen LogP contribution >= 0.6 is 0 Å². The van der Waals surface area contributed by atoms with Gasteiger partial charge >= 0.3 is 0 Å². The average molecular weight is 581 g/mol. The summed E-state index contributed by atoms with van der Waals surface area (Å²) >= 11 is 0. The molecule has 0 amide bonds. The Morgan fingerprint density at radius 2 is 1.31 bits per heavy atom. The van der Waals surface area contributed by atoms with E-state index in [1.807, 2.05) is 48.5 Å². The van der Waals surface area contributed by atoms with Gasteiger partial charge in [-0.2, -0.15) is 4.99 Å². The molecular formula is C39H28N6. The van der Waals surface area contributed by atoms with Crippen molar-refractivity contribution in [2.45, 2.75) is 0 Å². The fraction of sp³-hybridized carbons (Fsp3) is 0.0256. The summed E-state index contributed by atoms with van der Waals surface area (Å²) < 4.78 is 4.41. The SMILES string of the molecule is C=NC(=NC(=NC)n1c2ccccc2c2c1ccc1c3ccccc3n(-c3cccc(-c4ccccc4)n3)c12)c1ccccc1. The largest absolute Gasteiger partial charge is 0.293 e. The Morgan fingerprint density at radius 1 is 0.622 bits per heavy atom. The maximum Gasteiger partial charge on any atom is 0.231 e. The summed E-state index contributed by atoms with van der Waals surface area (Å²) in [6, 6.07) is 47.7. The molecular weight excluding hydrogens is 552 g/mol. The molecule has 0 saturated heterocycles. The molecule has 0 atom stereocenters. The molecule has 0 fully saturated rings. The van der Waals surface area contributed by atoms with Crippen LogP contribution in [-0.4, -0.2) is 39.7 Å². The summed E-state index contributed by atoms with van der Waals surface area (Å²) in [6.07, 6.45) is 0. The number of rotatable bonds is 3. The van der Waals surface area contributed by atoms with E-state index in [-0.39, 0.29) is 0 Å². The first-order valence-corrected chi connectivity index (χ1v) is 14.8. The van der Waals surface area contributed by atoms with Gasteiger partial charge in [0.05, 0.1) is 27.8 Å². The van der Waals surface area contributed by atoms with Crippen molar-refractivity contribution in [1.29, 1.82) is 0 Å². The standard InChI is InChI=1S/C39H28N6/c1-40-38(27-16-7-4-8-17-27)43-39(41-2)44-33-22-12-10-19-30(33)36-34(44)25-24-29-28-18-9-11-21-32(28)45(37(29)36)35-23-13-20-31(42-35)26-14-5-3-6-15-26/h3-25H,1H2,2H3. The Labute approximate surface area is 260 Å². The van der Waals surface area contributed by atoms with Crippen molar-refractivity contribution >= 4 is 62.1 Å². The fourth-order valence-corrected chi connectivity index (χ4v) is 6.35. The van der Waals surface area contributed by atoms with E-state index in [2.05, 4.69) is 117 Å². The topological polar surface area (TPSA) is 59.8 Å². The van der Waals surface area contributed by atoms with Crippen molar-refractivity contribution < 1.29 is 0 Å². The maximum atomic E-state index is 5.21. The zero-order chi connectivity index (χ0) is 30.3. The molecule has 0 aliphatic carbocycles. The third-order valence-corrected chi connectivity index (χ3v) is 8.29. The van der Waals surface area contributed by atoms with Crippen LogP contribution in [0, 0.1) is 0 Å². The third kappa shape index (κ3) is 4.26. The second kappa shape index (κ2) is 10.8. The van der Waals surface area contributed by atoms with Gasteiger partial charge in [0.1, 0.15) is 5.82 Å². The number of aliphatic imine (C=N–C) groups is 3. The monoisotopic (exact) mass is 580 g/mol. The first-order chi connectivity index (χ1) is 22.3. The van der Waals surface area contributed by atoms with Gasteiger partial charge < -0.3 is 0 Å². The molecule has 5 aromatic carbocycles. The molecule has 0 bridgehead atoms. The van der Waals surface area contributed by atoms with Crippen LogP contribution in [0.5, 0.6) is 0 Å². The first kappa shape index (κ1) is 26.5. The highest BCUT2D eigenvalue weighted by Crippen LogP contribution is 2.41. The Kier molecular flexibility index (Phi) is 6.38. The highest BCUT2D eigenvalue weighted by Gasteiger charge is 2.22. The molecule has 45 heavy (non-hydrogen) atoms. The van der Waals surface area contributed by atoms with Gasteiger partial charge in [0.25, 0.3) is 0 Å². The number of nitrogens with zero attached hydrogens (tertiary/aromatic N) is 6. The lowest BCUT2D eigenvalue weighted by atomic mass is 10.1. The minimum absolute atomic E-state index is 0.513. The Morgan fingerprint density at radius 3 is 2.07 bits per heavy atom. The van der Waals surface area contributed by atoms with Gasteiger partial charge in [0, 0.05) is 39.7 Å². The molecule has 0 radical (unpaired) electrons. The first-order valence-electron chi connectivity index (χ1n) is 14.8. The van der Waals surface area contributed by atoms with Crippen LogP contribution in [-0.2, 0) is 0 Å². The molecule has 0 saturated carbocycles. The minimum atomic E-state index is 0.513. The van der Waals surface area contributed by atoms with Crippen LogP contribution in [0.2, 0.25) is 0 Å². The number of aromatic nitrogens is 3. The third-order valence-electron chi connectivity index (χ3n) is 8.29. The lowest BCUT2D eigenvalue weighted by Crippen LogP contribution is -2.12.